The van der Waals surface area contributed by atoms with Crippen molar-refractivity contribution in [3.8, 4) is 5.75 Å². The largest absolute Gasteiger partial charge is 0.508 e. The molecule has 2 aromatic carbocycles. The predicted molar refractivity (Wildman–Crippen MR) is 107 cm³/mol. The fourth-order valence-electron chi connectivity index (χ4n) is 4.60. The zero-order valence-electron chi connectivity index (χ0n) is 16.5. The van der Waals surface area contributed by atoms with Gasteiger partial charge in [0.2, 0.25) is 5.91 Å². The first-order chi connectivity index (χ1) is 13.8. The summed E-state index contributed by atoms with van der Waals surface area (Å²) in [6, 6.07) is 13.6. The van der Waals surface area contributed by atoms with E-state index in [2.05, 4.69) is 6.07 Å². The van der Waals surface area contributed by atoms with Crippen LogP contribution in [0.5, 0.6) is 5.75 Å². The van der Waals surface area contributed by atoms with E-state index < -0.39 is 24.4 Å². The van der Waals surface area contributed by atoms with Crippen LogP contribution >= 0.6 is 0 Å². The van der Waals surface area contributed by atoms with Crippen molar-refractivity contribution >= 4 is 5.91 Å². The number of piperidine rings is 1. The van der Waals surface area contributed by atoms with Crippen LogP contribution in [0.4, 0.5) is 8.78 Å². The van der Waals surface area contributed by atoms with Crippen LogP contribution < -0.4 is 0 Å². The van der Waals surface area contributed by atoms with Gasteiger partial charge in [-0.1, -0.05) is 42.0 Å². The van der Waals surface area contributed by atoms with E-state index in [1.165, 1.54) is 12.1 Å². The highest BCUT2D eigenvalue weighted by atomic mass is 19.3. The van der Waals surface area contributed by atoms with Crippen LogP contribution in [0.1, 0.15) is 35.4 Å². The summed E-state index contributed by atoms with van der Waals surface area (Å²) in [5, 5.41) is 9.41. The summed E-state index contributed by atoms with van der Waals surface area (Å²) in [5.74, 6) is -3.79. The summed E-state index contributed by atoms with van der Waals surface area (Å²) in [6.45, 7) is 3.19. The lowest BCUT2D eigenvalue weighted by Gasteiger charge is -2.40. The van der Waals surface area contributed by atoms with Gasteiger partial charge < -0.3 is 10.0 Å². The van der Waals surface area contributed by atoms with Crippen LogP contribution in [0.25, 0.3) is 0 Å². The minimum absolute atomic E-state index is 0.0506. The van der Waals surface area contributed by atoms with E-state index in [0.717, 1.165) is 11.1 Å². The average molecular weight is 400 g/mol. The Hall–Kier alpha value is -2.47. The summed E-state index contributed by atoms with van der Waals surface area (Å²) < 4.78 is 29.9. The smallest absolute Gasteiger partial charge is 0.267 e. The van der Waals surface area contributed by atoms with Crippen LogP contribution in [-0.4, -0.2) is 52.4 Å². The van der Waals surface area contributed by atoms with Crippen LogP contribution in [0.3, 0.4) is 0 Å². The van der Waals surface area contributed by atoms with E-state index in [1.807, 2.05) is 25.1 Å². The van der Waals surface area contributed by atoms with Crippen LogP contribution in [-0.2, 0) is 11.3 Å². The zero-order chi connectivity index (χ0) is 20.6. The Bertz CT molecular complexity index is 885. The molecule has 0 aliphatic carbocycles. The van der Waals surface area contributed by atoms with E-state index in [9.17, 15) is 18.7 Å². The molecule has 0 aromatic heterocycles. The number of phenols is 1. The Kier molecular flexibility index (Phi) is 5.30. The lowest BCUT2D eigenvalue weighted by Crippen LogP contribution is -2.53. The number of rotatable bonds is 4. The number of carbonyl (C=O) groups excluding carboxylic acids is 1. The Morgan fingerprint density at radius 2 is 1.86 bits per heavy atom. The number of hydrogen-bond donors (Lipinski definition) is 1. The molecule has 2 aromatic rings. The lowest BCUT2D eigenvalue weighted by molar-refractivity contribution is -0.137. The molecule has 6 heteroatoms. The number of benzene rings is 2. The molecular weight excluding hydrogens is 374 g/mol. The molecule has 1 N–H and O–H groups in total. The van der Waals surface area contributed by atoms with Crippen molar-refractivity contribution in [2.75, 3.05) is 19.6 Å². The Morgan fingerprint density at radius 3 is 2.55 bits per heavy atom. The van der Waals surface area contributed by atoms with Crippen molar-refractivity contribution in [3.63, 3.8) is 0 Å². The van der Waals surface area contributed by atoms with E-state index in [-0.39, 0.29) is 11.7 Å². The molecule has 1 amide bonds. The number of amides is 1. The maximum atomic E-state index is 14.9. The number of aryl methyl sites for hydroxylation is 1. The predicted octanol–water partition coefficient (Wildman–Crippen LogP) is 3.93. The lowest BCUT2D eigenvalue weighted by atomic mass is 9.85. The number of likely N-dealkylation sites (tertiary alicyclic amines) is 2. The van der Waals surface area contributed by atoms with Gasteiger partial charge in [-0.2, -0.15) is 0 Å². The number of phenolic OH excluding ortho intramolecular Hbond substituents is 1. The van der Waals surface area contributed by atoms with E-state index in [0.29, 0.717) is 38.0 Å². The molecule has 154 valence electrons. The van der Waals surface area contributed by atoms with Gasteiger partial charge in [0.25, 0.3) is 5.92 Å². The Morgan fingerprint density at radius 1 is 1.10 bits per heavy atom. The van der Waals surface area contributed by atoms with Gasteiger partial charge in [-0.25, -0.2) is 8.78 Å². The van der Waals surface area contributed by atoms with Crippen LogP contribution in [0, 0.1) is 6.92 Å². The number of nitrogens with zero attached hydrogens (tertiary/aromatic N) is 2. The van der Waals surface area contributed by atoms with Crippen LogP contribution in [0.15, 0.2) is 48.5 Å². The molecular formula is C23H26F2N2O2. The zero-order valence-corrected chi connectivity index (χ0v) is 16.5. The molecule has 2 aliphatic rings. The molecule has 2 heterocycles. The normalized spacial score (nSPS) is 24.8. The van der Waals surface area contributed by atoms with Gasteiger partial charge in [-0.15, -0.1) is 0 Å². The van der Waals surface area contributed by atoms with Gasteiger partial charge in [0.1, 0.15) is 5.75 Å². The van der Waals surface area contributed by atoms with Crippen molar-refractivity contribution < 1.29 is 18.7 Å². The minimum atomic E-state index is -2.92. The average Bonchev–Trinajstić information content (AvgIpc) is 3.02. The van der Waals surface area contributed by atoms with Crippen molar-refractivity contribution in [1.82, 2.24) is 9.80 Å². The van der Waals surface area contributed by atoms with Gasteiger partial charge in [0.05, 0.1) is 18.5 Å². The first-order valence-corrected chi connectivity index (χ1v) is 10.1. The summed E-state index contributed by atoms with van der Waals surface area (Å²) in [5.41, 5.74) is 2.74. The maximum Gasteiger partial charge on any atom is 0.267 e. The molecule has 0 bridgehead atoms. The fourth-order valence-corrected chi connectivity index (χ4v) is 4.60. The third kappa shape index (κ3) is 4.13. The molecule has 0 saturated carbocycles. The second-order valence-corrected chi connectivity index (χ2v) is 8.22. The maximum absolute atomic E-state index is 14.9. The number of aromatic hydroxyl groups is 1. The third-order valence-corrected chi connectivity index (χ3v) is 6.09. The molecule has 0 spiro atoms. The SMILES string of the molecule is Cc1cccc(CN2CCC(N3CCC(c4ccc(O)cc4)C(F)(F)C3)C2=O)c1. The van der Waals surface area contributed by atoms with Gasteiger partial charge in [0.15, 0.2) is 0 Å². The molecule has 2 atom stereocenters. The summed E-state index contributed by atoms with van der Waals surface area (Å²) in [4.78, 5) is 16.3. The summed E-state index contributed by atoms with van der Waals surface area (Å²) in [7, 11) is 0. The molecule has 2 fully saturated rings. The summed E-state index contributed by atoms with van der Waals surface area (Å²) >= 11 is 0. The second-order valence-electron chi connectivity index (χ2n) is 8.22. The molecule has 2 unspecified atom stereocenters. The first-order valence-electron chi connectivity index (χ1n) is 10.1. The Balaban J connectivity index is 1.42. The molecule has 29 heavy (non-hydrogen) atoms. The molecule has 2 aliphatic heterocycles. The minimum Gasteiger partial charge on any atom is -0.508 e. The van der Waals surface area contributed by atoms with Gasteiger partial charge in [-0.05, 0) is 49.6 Å². The highest BCUT2D eigenvalue weighted by Gasteiger charge is 2.49. The summed E-state index contributed by atoms with van der Waals surface area (Å²) in [6.07, 6.45) is 0.879. The van der Waals surface area contributed by atoms with E-state index >= 15 is 0 Å². The number of alkyl halides is 2. The van der Waals surface area contributed by atoms with Gasteiger partial charge in [-0.3, -0.25) is 9.69 Å². The highest BCUT2D eigenvalue weighted by molar-refractivity contribution is 5.84. The molecule has 4 rings (SSSR count). The van der Waals surface area contributed by atoms with Crippen LogP contribution in [0.2, 0.25) is 0 Å². The van der Waals surface area contributed by atoms with E-state index in [1.54, 1.807) is 21.9 Å². The van der Waals surface area contributed by atoms with Crippen molar-refractivity contribution in [2.24, 2.45) is 0 Å². The topological polar surface area (TPSA) is 43.8 Å². The van der Waals surface area contributed by atoms with E-state index in [4.69, 9.17) is 0 Å². The number of carbonyl (C=O) groups is 1. The fraction of sp³-hybridized carbons (Fsp3) is 0.435. The van der Waals surface area contributed by atoms with Crippen molar-refractivity contribution in [2.45, 2.75) is 44.2 Å². The van der Waals surface area contributed by atoms with Crippen molar-refractivity contribution in [1.29, 1.82) is 0 Å². The monoisotopic (exact) mass is 400 g/mol. The van der Waals surface area contributed by atoms with Crippen molar-refractivity contribution in [3.05, 3.63) is 65.2 Å². The number of hydrogen-bond acceptors (Lipinski definition) is 3. The van der Waals surface area contributed by atoms with Gasteiger partial charge >= 0.3 is 0 Å². The highest BCUT2D eigenvalue weighted by Crippen LogP contribution is 2.42. The molecule has 2 saturated heterocycles. The Labute approximate surface area is 169 Å². The molecule has 4 nitrogen and oxygen atoms in total. The number of halogens is 2. The third-order valence-electron chi connectivity index (χ3n) is 6.09. The van der Waals surface area contributed by atoms with Gasteiger partial charge in [0, 0.05) is 13.1 Å². The first kappa shape index (κ1) is 19.8. The standard InChI is InChI=1S/C23H26F2N2O2/c1-16-3-2-4-17(13-16)14-26-12-10-21(22(26)29)27-11-9-20(23(24,25)15-27)18-5-7-19(28)8-6-18/h2-8,13,20-21,28H,9-12,14-15H2,1H3. The molecule has 0 radical (unpaired) electrons. The second kappa shape index (κ2) is 7.75. The quantitative estimate of drug-likeness (QED) is 0.846.